The summed E-state index contributed by atoms with van der Waals surface area (Å²) in [6, 6.07) is 5.26. The van der Waals surface area contributed by atoms with Crippen LogP contribution < -0.4 is 9.47 Å². The number of aliphatic hydroxyl groups excluding tert-OH is 1. The highest BCUT2D eigenvalue weighted by molar-refractivity contribution is 5.69. The number of hydrogen-bond donors (Lipinski definition) is 1. The van der Waals surface area contributed by atoms with Crippen LogP contribution in [0.25, 0.3) is 0 Å². The minimum absolute atomic E-state index is 0.123. The monoisotopic (exact) mass is 268 g/mol. The van der Waals surface area contributed by atoms with Gasteiger partial charge in [0.25, 0.3) is 0 Å². The third-order valence-corrected chi connectivity index (χ3v) is 2.47. The maximum Gasteiger partial charge on any atom is 0.308 e. The van der Waals surface area contributed by atoms with Crippen LogP contribution in [0.3, 0.4) is 0 Å². The van der Waals surface area contributed by atoms with Crippen LogP contribution in [-0.2, 0) is 16.1 Å². The van der Waals surface area contributed by atoms with Crippen molar-refractivity contribution in [1.29, 1.82) is 0 Å². The second-order valence-electron chi connectivity index (χ2n) is 3.95. The third-order valence-electron chi connectivity index (χ3n) is 2.47. The first-order chi connectivity index (χ1) is 9.21. The van der Waals surface area contributed by atoms with Crippen LogP contribution in [0.2, 0.25) is 0 Å². The zero-order valence-corrected chi connectivity index (χ0v) is 11.3. The predicted octanol–water partition coefficient (Wildman–Crippen LogP) is 1.91. The smallest absolute Gasteiger partial charge is 0.308 e. The number of aliphatic hydroxyl groups is 1. The van der Waals surface area contributed by atoms with Crippen molar-refractivity contribution in [2.24, 2.45) is 0 Å². The second kappa shape index (κ2) is 8.37. The van der Waals surface area contributed by atoms with Gasteiger partial charge in [-0.1, -0.05) is 6.92 Å². The highest BCUT2D eigenvalue weighted by atomic mass is 16.5. The van der Waals surface area contributed by atoms with Crippen molar-refractivity contribution in [1.82, 2.24) is 0 Å². The molecule has 1 N–H and O–H groups in total. The van der Waals surface area contributed by atoms with Crippen LogP contribution >= 0.6 is 0 Å². The van der Waals surface area contributed by atoms with E-state index in [2.05, 4.69) is 4.74 Å². The van der Waals surface area contributed by atoms with Gasteiger partial charge in [0.15, 0.2) is 0 Å². The Hall–Kier alpha value is -1.75. The van der Waals surface area contributed by atoms with Gasteiger partial charge in [-0.05, 0) is 18.6 Å². The fourth-order valence-corrected chi connectivity index (χ4v) is 1.46. The van der Waals surface area contributed by atoms with E-state index < -0.39 is 0 Å². The van der Waals surface area contributed by atoms with Crippen LogP contribution in [0.5, 0.6) is 11.5 Å². The van der Waals surface area contributed by atoms with Crippen LogP contribution in [0.4, 0.5) is 0 Å². The summed E-state index contributed by atoms with van der Waals surface area (Å²) in [6.07, 6.45) is 1.09. The van der Waals surface area contributed by atoms with E-state index in [1.807, 2.05) is 6.92 Å². The molecular weight excluding hydrogens is 248 g/mol. The minimum Gasteiger partial charge on any atom is -0.493 e. The van der Waals surface area contributed by atoms with E-state index >= 15 is 0 Å². The number of rotatable bonds is 8. The van der Waals surface area contributed by atoms with Gasteiger partial charge in [-0.15, -0.1) is 0 Å². The van der Waals surface area contributed by atoms with Crippen LogP contribution in [0.15, 0.2) is 18.2 Å². The quantitative estimate of drug-likeness (QED) is 0.730. The average molecular weight is 268 g/mol. The zero-order chi connectivity index (χ0) is 14.1. The Kier molecular flexibility index (Phi) is 6.74. The van der Waals surface area contributed by atoms with Crippen molar-refractivity contribution >= 4 is 5.97 Å². The SMILES string of the molecule is CCCOc1ccc(CO)c(OCCC(=O)OC)c1. The molecule has 1 aromatic rings. The van der Waals surface area contributed by atoms with Crippen molar-refractivity contribution in [3.63, 3.8) is 0 Å². The van der Waals surface area contributed by atoms with Crippen molar-refractivity contribution in [2.75, 3.05) is 20.3 Å². The number of benzene rings is 1. The predicted molar refractivity (Wildman–Crippen MR) is 70.3 cm³/mol. The van der Waals surface area contributed by atoms with E-state index in [-0.39, 0.29) is 25.6 Å². The fourth-order valence-electron chi connectivity index (χ4n) is 1.46. The molecule has 0 radical (unpaired) electrons. The van der Waals surface area contributed by atoms with Gasteiger partial charge in [-0.3, -0.25) is 4.79 Å². The van der Waals surface area contributed by atoms with E-state index in [0.717, 1.165) is 6.42 Å². The van der Waals surface area contributed by atoms with E-state index in [1.54, 1.807) is 18.2 Å². The summed E-state index contributed by atoms with van der Waals surface area (Å²) in [5, 5.41) is 9.23. The Morgan fingerprint density at radius 1 is 1.26 bits per heavy atom. The number of methoxy groups -OCH3 is 1. The normalized spacial score (nSPS) is 10.1. The second-order valence-corrected chi connectivity index (χ2v) is 3.95. The number of ether oxygens (including phenoxy) is 3. The van der Waals surface area contributed by atoms with Crippen LogP contribution in [0.1, 0.15) is 25.3 Å². The molecule has 0 aliphatic rings. The molecule has 0 aliphatic carbocycles. The van der Waals surface area contributed by atoms with Crippen molar-refractivity contribution in [2.45, 2.75) is 26.4 Å². The molecule has 1 rings (SSSR count). The number of carbonyl (C=O) groups excluding carboxylic acids is 1. The van der Waals surface area contributed by atoms with E-state index in [9.17, 15) is 9.90 Å². The standard InChI is InChI=1S/C14H20O5/c1-3-7-18-12-5-4-11(10-15)13(9-12)19-8-6-14(16)17-2/h4-5,9,15H,3,6-8,10H2,1-2H3. The highest BCUT2D eigenvalue weighted by Gasteiger charge is 2.07. The van der Waals surface area contributed by atoms with E-state index in [0.29, 0.717) is 23.7 Å². The summed E-state index contributed by atoms with van der Waals surface area (Å²) in [4.78, 5) is 11.0. The maximum atomic E-state index is 11.0. The molecule has 0 aromatic heterocycles. The van der Waals surface area contributed by atoms with Gasteiger partial charge in [0.05, 0.1) is 33.4 Å². The van der Waals surface area contributed by atoms with Gasteiger partial charge < -0.3 is 19.3 Å². The Morgan fingerprint density at radius 3 is 2.68 bits per heavy atom. The molecule has 0 heterocycles. The molecule has 0 saturated heterocycles. The summed E-state index contributed by atoms with van der Waals surface area (Å²) in [7, 11) is 1.33. The highest BCUT2D eigenvalue weighted by Crippen LogP contribution is 2.25. The van der Waals surface area contributed by atoms with E-state index in [4.69, 9.17) is 9.47 Å². The van der Waals surface area contributed by atoms with Crippen molar-refractivity contribution in [3.8, 4) is 11.5 Å². The number of hydrogen-bond acceptors (Lipinski definition) is 5. The lowest BCUT2D eigenvalue weighted by atomic mass is 10.2. The Balaban J connectivity index is 2.64. The molecule has 1 aromatic carbocycles. The lowest BCUT2D eigenvalue weighted by Gasteiger charge is -2.12. The summed E-state index contributed by atoms with van der Waals surface area (Å²) in [5.41, 5.74) is 0.661. The molecule has 0 atom stereocenters. The first-order valence-electron chi connectivity index (χ1n) is 6.27. The summed E-state index contributed by atoms with van der Waals surface area (Å²) in [6.45, 7) is 2.73. The van der Waals surface area contributed by atoms with Gasteiger partial charge in [-0.25, -0.2) is 0 Å². The molecule has 106 valence electrons. The first kappa shape index (κ1) is 15.3. The van der Waals surface area contributed by atoms with E-state index in [1.165, 1.54) is 7.11 Å². The Morgan fingerprint density at radius 2 is 2.05 bits per heavy atom. The molecule has 0 spiro atoms. The molecule has 0 saturated carbocycles. The molecule has 5 heteroatoms. The molecule has 19 heavy (non-hydrogen) atoms. The Labute approximate surface area is 113 Å². The van der Waals surface area contributed by atoms with Gasteiger partial charge >= 0.3 is 5.97 Å². The third kappa shape index (κ3) is 5.18. The average Bonchev–Trinajstić information content (AvgIpc) is 2.45. The number of carbonyl (C=O) groups is 1. The summed E-state index contributed by atoms with van der Waals surface area (Å²) < 4.78 is 15.5. The first-order valence-corrected chi connectivity index (χ1v) is 6.27. The van der Waals surface area contributed by atoms with Gasteiger partial charge in [0, 0.05) is 11.6 Å². The number of esters is 1. The van der Waals surface area contributed by atoms with Gasteiger partial charge in [0.1, 0.15) is 11.5 Å². The van der Waals surface area contributed by atoms with Crippen molar-refractivity contribution < 1.29 is 24.1 Å². The fraction of sp³-hybridized carbons (Fsp3) is 0.500. The molecule has 0 aliphatic heterocycles. The van der Waals surface area contributed by atoms with Crippen LogP contribution in [0, 0.1) is 0 Å². The van der Waals surface area contributed by atoms with Crippen LogP contribution in [-0.4, -0.2) is 31.4 Å². The summed E-state index contributed by atoms with van der Waals surface area (Å²) >= 11 is 0. The lowest BCUT2D eigenvalue weighted by Crippen LogP contribution is -2.08. The minimum atomic E-state index is -0.330. The molecule has 0 fully saturated rings. The molecular formula is C14H20O5. The molecule has 0 unspecified atom stereocenters. The van der Waals surface area contributed by atoms with Crippen molar-refractivity contribution in [3.05, 3.63) is 23.8 Å². The topological polar surface area (TPSA) is 65.0 Å². The summed E-state index contributed by atoms with van der Waals surface area (Å²) in [5.74, 6) is 0.885. The molecule has 0 bridgehead atoms. The van der Waals surface area contributed by atoms with Gasteiger partial charge in [0.2, 0.25) is 0 Å². The molecule has 0 amide bonds. The zero-order valence-electron chi connectivity index (χ0n) is 11.3. The Bertz CT molecular complexity index is 403. The lowest BCUT2D eigenvalue weighted by molar-refractivity contribution is -0.141. The molecule has 5 nitrogen and oxygen atoms in total. The maximum absolute atomic E-state index is 11.0. The van der Waals surface area contributed by atoms with Gasteiger partial charge in [-0.2, -0.15) is 0 Å². The largest absolute Gasteiger partial charge is 0.493 e.